The monoisotopic (exact) mass is 434 g/mol. The van der Waals surface area contributed by atoms with Crippen LogP contribution in [0.1, 0.15) is 64.4 Å². The molecule has 6 nitrogen and oxygen atoms in total. The molecule has 7 heteroatoms. The molecule has 1 aromatic rings. The number of carbonyl (C=O) groups is 1. The smallest absolute Gasteiger partial charge is 0.264 e. The number of benzene rings is 1. The quantitative estimate of drug-likeness (QED) is 0.729. The minimum Gasteiger partial charge on any atom is -0.480 e. The number of hydrogen-bond donors (Lipinski definition) is 0. The maximum Gasteiger partial charge on any atom is 0.264 e. The number of rotatable bonds is 3. The number of carbonyl (C=O) groups excluding carboxylic acids is 1. The maximum absolute atomic E-state index is 13.3. The topological polar surface area (TPSA) is 66.9 Å². The van der Waals surface area contributed by atoms with Crippen molar-refractivity contribution in [1.29, 1.82) is 0 Å². The summed E-state index contributed by atoms with van der Waals surface area (Å²) in [6.45, 7) is 8.87. The lowest BCUT2D eigenvalue weighted by molar-refractivity contribution is -0.138. The molecule has 0 aliphatic carbocycles. The summed E-state index contributed by atoms with van der Waals surface area (Å²) in [5.41, 5.74) is 0.822. The Morgan fingerprint density at radius 3 is 2.27 bits per heavy atom. The standard InChI is InChI=1S/C23H34N2O4S/c1-16-12-17(2)15-25(14-16)30(27,28)19-8-9-21-20(13-19)18(3)22(29-21)23(26)24-10-6-4-5-7-11-24/h8-9,13,16-18,22H,4-7,10-12,14-15H2,1-3H3. The number of ether oxygens (including phenoxy) is 1. The number of sulfonamides is 1. The van der Waals surface area contributed by atoms with Gasteiger partial charge in [-0.3, -0.25) is 4.79 Å². The Bertz CT molecular complexity index is 882. The van der Waals surface area contributed by atoms with Crippen LogP contribution in [0, 0.1) is 11.8 Å². The zero-order chi connectivity index (χ0) is 21.5. The van der Waals surface area contributed by atoms with Gasteiger partial charge >= 0.3 is 0 Å². The van der Waals surface area contributed by atoms with Gasteiger partial charge in [0, 0.05) is 37.7 Å². The SMILES string of the molecule is CC1CC(C)CN(S(=O)(=O)c2ccc3c(c2)C(C)C(C(=O)N2CCCCCC2)O3)C1. The lowest BCUT2D eigenvalue weighted by atomic mass is 9.94. The fraction of sp³-hybridized carbons (Fsp3) is 0.696. The largest absolute Gasteiger partial charge is 0.480 e. The van der Waals surface area contributed by atoms with Gasteiger partial charge in [0.25, 0.3) is 5.91 Å². The maximum atomic E-state index is 13.3. The van der Waals surface area contributed by atoms with Gasteiger partial charge in [-0.15, -0.1) is 0 Å². The third-order valence-corrected chi connectivity index (χ3v) is 8.64. The van der Waals surface area contributed by atoms with Crippen molar-refractivity contribution in [2.45, 2.75) is 69.8 Å². The molecule has 2 fully saturated rings. The summed E-state index contributed by atoms with van der Waals surface area (Å²) in [6, 6.07) is 5.09. The van der Waals surface area contributed by atoms with E-state index in [1.165, 1.54) is 12.8 Å². The first kappa shape index (κ1) is 21.6. The Kier molecular flexibility index (Phi) is 6.13. The minimum atomic E-state index is -3.55. The molecule has 3 aliphatic rings. The molecule has 0 N–H and O–H groups in total. The Balaban J connectivity index is 1.55. The Morgan fingerprint density at radius 2 is 1.63 bits per heavy atom. The highest BCUT2D eigenvalue weighted by Crippen LogP contribution is 2.41. The average Bonchev–Trinajstić information content (AvgIpc) is 2.87. The normalized spacial score (nSPS) is 30.4. The van der Waals surface area contributed by atoms with Crippen molar-refractivity contribution in [2.75, 3.05) is 26.2 Å². The van der Waals surface area contributed by atoms with Crippen molar-refractivity contribution < 1.29 is 17.9 Å². The Hall–Kier alpha value is -1.60. The summed E-state index contributed by atoms with van der Waals surface area (Å²) < 4.78 is 34.2. The number of likely N-dealkylation sites (tertiary alicyclic amines) is 1. The molecular formula is C23H34N2O4S. The lowest BCUT2D eigenvalue weighted by Crippen LogP contribution is -2.43. The number of piperidine rings is 1. The minimum absolute atomic E-state index is 0.0312. The van der Waals surface area contributed by atoms with Crippen LogP contribution in [-0.2, 0) is 14.8 Å². The lowest BCUT2D eigenvalue weighted by Gasteiger charge is -2.34. The van der Waals surface area contributed by atoms with Gasteiger partial charge in [-0.05, 0) is 49.3 Å². The molecular weight excluding hydrogens is 400 g/mol. The second-order valence-electron chi connectivity index (χ2n) is 9.53. The van der Waals surface area contributed by atoms with Crippen molar-refractivity contribution in [2.24, 2.45) is 11.8 Å². The van der Waals surface area contributed by atoms with E-state index in [-0.39, 0.29) is 11.8 Å². The number of amides is 1. The third-order valence-electron chi connectivity index (χ3n) is 6.81. The van der Waals surface area contributed by atoms with Gasteiger partial charge in [-0.2, -0.15) is 4.31 Å². The van der Waals surface area contributed by atoms with Crippen LogP contribution in [0.25, 0.3) is 0 Å². The molecule has 0 spiro atoms. The first-order valence-corrected chi connectivity index (χ1v) is 12.8. The fourth-order valence-corrected chi connectivity index (χ4v) is 6.95. The van der Waals surface area contributed by atoms with Gasteiger partial charge in [-0.25, -0.2) is 8.42 Å². The fourth-order valence-electron chi connectivity index (χ4n) is 5.24. The molecule has 4 rings (SSSR count). The highest BCUT2D eigenvalue weighted by Gasteiger charge is 2.40. The second-order valence-corrected chi connectivity index (χ2v) is 11.5. The highest BCUT2D eigenvalue weighted by atomic mass is 32.2. The molecule has 0 radical (unpaired) electrons. The van der Waals surface area contributed by atoms with Gasteiger partial charge in [0.2, 0.25) is 10.0 Å². The first-order valence-electron chi connectivity index (χ1n) is 11.4. The van der Waals surface area contributed by atoms with Gasteiger partial charge < -0.3 is 9.64 Å². The molecule has 30 heavy (non-hydrogen) atoms. The summed E-state index contributed by atoms with van der Waals surface area (Å²) in [4.78, 5) is 15.3. The first-order chi connectivity index (χ1) is 14.3. The van der Waals surface area contributed by atoms with E-state index < -0.39 is 16.1 Å². The number of fused-ring (bicyclic) bond motifs is 1. The van der Waals surface area contributed by atoms with Gasteiger partial charge in [0.05, 0.1) is 4.90 Å². The van der Waals surface area contributed by atoms with Crippen molar-refractivity contribution in [3.05, 3.63) is 23.8 Å². The molecule has 1 amide bonds. The van der Waals surface area contributed by atoms with E-state index >= 15 is 0 Å². The second kappa shape index (κ2) is 8.50. The van der Waals surface area contributed by atoms with Gasteiger partial charge in [0.15, 0.2) is 6.10 Å². The van der Waals surface area contributed by atoms with Crippen LogP contribution < -0.4 is 4.74 Å². The Labute approximate surface area is 180 Å². The van der Waals surface area contributed by atoms with Crippen LogP contribution in [0.15, 0.2) is 23.1 Å². The molecule has 0 bridgehead atoms. The van der Waals surface area contributed by atoms with E-state index in [1.807, 2.05) is 11.8 Å². The van der Waals surface area contributed by atoms with E-state index in [0.29, 0.717) is 35.6 Å². The van der Waals surface area contributed by atoms with Crippen molar-refractivity contribution >= 4 is 15.9 Å². The van der Waals surface area contributed by atoms with Crippen LogP contribution in [0.4, 0.5) is 0 Å². The van der Waals surface area contributed by atoms with Gasteiger partial charge in [0.1, 0.15) is 5.75 Å². The van der Waals surface area contributed by atoms with E-state index in [2.05, 4.69) is 13.8 Å². The van der Waals surface area contributed by atoms with Gasteiger partial charge in [-0.1, -0.05) is 33.6 Å². The predicted octanol–water partition coefficient (Wildman–Crippen LogP) is 3.62. The summed E-state index contributed by atoms with van der Waals surface area (Å²) >= 11 is 0. The van der Waals surface area contributed by atoms with E-state index in [0.717, 1.165) is 37.9 Å². The molecule has 2 saturated heterocycles. The molecule has 1 aromatic carbocycles. The van der Waals surface area contributed by atoms with Crippen molar-refractivity contribution in [3.63, 3.8) is 0 Å². The number of hydrogen-bond acceptors (Lipinski definition) is 4. The number of nitrogens with zero attached hydrogens (tertiary/aromatic N) is 2. The van der Waals surface area contributed by atoms with Crippen LogP contribution in [-0.4, -0.2) is 55.8 Å². The Morgan fingerprint density at radius 1 is 1.00 bits per heavy atom. The van der Waals surface area contributed by atoms with Crippen LogP contribution in [0.5, 0.6) is 5.75 Å². The summed E-state index contributed by atoms with van der Waals surface area (Å²) in [5.74, 6) is 1.22. The zero-order valence-electron chi connectivity index (χ0n) is 18.3. The van der Waals surface area contributed by atoms with Crippen molar-refractivity contribution in [1.82, 2.24) is 9.21 Å². The van der Waals surface area contributed by atoms with E-state index in [4.69, 9.17) is 4.74 Å². The summed E-state index contributed by atoms with van der Waals surface area (Å²) in [5, 5.41) is 0. The summed E-state index contributed by atoms with van der Waals surface area (Å²) in [7, 11) is -3.55. The summed E-state index contributed by atoms with van der Waals surface area (Å²) in [6.07, 6.45) is 4.90. The van der Waals surface area contributed by atoms with Crippen LogP contribution >= 0.6 is 0 Å². The molecule has 4 unspecified atom stereocenters. The molecule has 3 heterocycles. The third kappa shape index (κ3) is 4.11. The average molecular weight is 435 g/mol. The molecule has 0 saturated carbocycles. The molecule has 4 atom stereocenters. The highest BCUT2D eigenvalue weighted by molar-refractivity contribution is 7.89. The molecule has 0 aromatic heterocycles. The van der Waals surface area contributed by atoms with Crippen LogP contribution in [0.3, 0.4) is 0 Å². The van der Waals surface area contributed by atoms with Crippen LogP contribution in [0.2, 0.25) is 0 Å². The zero-order valence-corrected chi connectivity index (χ0v) is 19.2. The molecule has 166 valence electrons. The molecule has 3 aliphatic heterocycles. The predicted molar refractivity (Wildman–Crippen MR) is 116 cm³/mol. The van der Waals surface area contributed by atoms with E-state index in [1.54, 1.807) is 22.5 Å². The van der Waals surface area contributed by atoms with E-state index in [9.17, 15) is 13.2 Å². The van der Waals surface area contributed by atoms with Crippen molar-refractivity contribution in [3.8, 4) is 5.75 Å².